The Balaban J connectivity index is 1.91. The van der Waals surface area contributed by atoms with E-state index >= 15 is 0 Å². The Bertz CT molecular complexity index is 448. The molecule has 1 aliphatic carbocycles. The first-order valence-corrected chi connectivity index (χ1v) is 7.52. The van der Waals surface area contributed by atoms with Gasteiger partial charge >= 0.3 is 0 Å². The van der Waals surface area contributed by atoms with Crippen LogP contribution in [-0.2, 0) is 0 Å². The van der Waals surface area contributed by atoms with Crippen LogP contribution in [0.4, 0.5) is 4.39 Å². The summed E-state index contributed by atoms with van der Waals surface area (Å²) < 4.78 is 13.7. The zero-order valence-electron chi connectivity index (χ0n) is 12.7. The molecule has 1 aliphatic rings. The molecule has 0 spiro atoms. The zero-order chi connectivity index (χ0) is 14.8. The smallest absolute Gasteiger partial charge is 0.127 e. The quantitative estimate of drug-likeness (QED) is 0.878. The molecule has 2 rings (SSSR count). The predicted octanol–water partition coefficient (Wildman–Crippen LogP) is 3.81. The molecule has 0 aromatic heterocycles. The van der Waals surface area contributed by atoms with Gasteiger partial charge in [-0.25, -0.2) is 4.39 Å². The minimum absolute atomic E-state index is 0.0878. The summed E-state index contributed by atoms with van der Waals surface area (Å²) in [5.74, 6) is -0.190. The van der Waals surface area contributed by atoms with Gasteiger partial charge in [-0.2, -0.15) is 0 Å². The summed E-state index contributed by atoms with van der Waals surface area (Å²) >= 11 is 0. The van der Waals surface area contributed by atoms with Crippen LogP contribution in [0, 0.1) is 11.2 Å². The van der Waals surface area contributed by atoms with Crippen molar-refractivity contribution in [3.8, 4) is 0 Å². The number of halogens is 1. The third kappa shape index (κ3) is 3.80. The summed E-state index contributed by atoms with van der Waals surface area (Å²) in [7, 11) is 0. The molecule has 20 heavy (non-hydrogen) atoms. The molecule has 1 atom stereocenters. The zero-order valence-corrected chi connectivity index (χ0v) is 12.7. The van der Waals surface area contributed by atoms with Gasteiger partial charge in [-0.3, -0.25) is 0 Å². The molecule has 112 valence electrons. The number of hydrogen-bond acceptors (Lipinski definition) is 2. The largest absolute Gasteiger partial charge is 0.389 e. The average Bonchev–Trinajstić information content (AvgIpc) is 2.41. The lowest BCUT2D eigenvalue weighted by Gasteiger charge is -2.40. The van der Waals surface area contributed by atoms with Crippen molar-refractivity contribution in [3.63, 3.8) is 0 Å². The van der Waals surface area contributed by atoms with E-state index in [0.29, 0.717) is 17.5 Å². The van der Waals surface area contributed by atoms with Crippen molar-refractivity contribution in [2.24, 2.45) is 5.41 Å². The number of hydrogen-bond donors (Lipinski definition) is 2. The first-order chi connectivity index (χ1) is 9.31. The van der Waals surface area contributed by atoms with Crippen LogP contribution >= 0.6 is 0 Å². The van der Waals surface area contributed by atoms with E-state index in [-0.39, 0.29) is 11.9 Å². The molecule has 1 aromatic carbocycles. The molecule has 0 saturated heterocycles. The third-order valence-corrected chi connectivity index (χ3v) is 4.64. The highest BCUT2D eigenvalue weighted by molar-refractivity contribution is 5.20. The van der Waals surface area contributed by atoms with Gasteiger partial charge in [0.25, 0.3) is 0 Å². The van der Waals surface area contributed by atoms with Crippen molar-refractivity contribution < 1.29 is 9.50 Å². The van der Waals surface area contributed by atoms with Gasteiger partial charge in [0.2, 0.25) is 0 Å². The van der Waals surface area contributed by atoms with Gasteiger partial charge in [-0.15, -0.1) is 0 Å². The monoisotopic (exact) mass is 279 g/mol. The second-order valence-corrected chi connectivity index (χ2v) is 7.01. The summed E-state index contributed by atoms with van der Waals surface area (Å²) in [6.07, 6.45) is 3.71. The molecule has 1 fully saturated rings. The average molecular weight is 279 g/mol. The van der Waals surface area contributed by atoms with Crippen molar-refractivity contribution >= 4 is 0 Å². The Morgan fingerprint density at radius 1 is 1.20 bits per heavy atom. The standard InChI is InChI=1S/C17H26FNO/c1-13(14-6-4-5-7-15(14)18)19-12-17(20)10-8-16(2,3)9-11-17/h4-7,13,19-20H,8-12H2,1-3H3. The summed E-state index contributed by atoms with van der Waals surface area (Å²) in [5, 5.41) is 13.9. The van der Waals surface area contributed by atoms with Crippen LogP contribution < -0.4 is 5.32 Å². The molecule has 1 saturated carbocycles. The van der Waals surface area contributed by atoms with E-state index in [1.165, 1.54) is 6.07 Å². The van der Waals surface area contributed by atoms with Crippen LogP contribution in [0.15, 0.2) is 24.3 Å². The van der Waals surface area contributed by atoms with E-state index in [1.807, 2.05) is 13.0 Å². The highest BCUT2D eigenvalue weighted by Gasteiger charge is 2.36. The highest BCUT2D eigenvalue weighted by atomic mass is 19.1. The Morgan fingerprint density at radius 3 is 2.40 bits per heavy atom. The molecule has 2 nitrogen and oxygen atoms in total. The lowest BCUT2D eigenvalue weighted by Crippen LogP contribution is -2.45. The summed E-state index contributed by atoms with van der Waals surface area (Å²) in [6, 6.07) is 6.72. The molecule has 3 heteroatoms. The maximum atomic E-state index is 13.7. The van der Waals surface area contributed by atoms with Gasteiger partial charge in [0.05, 0.1) is 5.60 Å². The first kappa shape index (κ1) is 15.5. The van der Waals surface area contributed by atoms with Crippen molar-refractivity contribution in [1.82, 2.24) is 5.32 Å². The van der Waals surface area contributed by atoms with E-state index in [0.717, 1.165) is 25.7 Å². The highest BCUT2D eigenvalue weighted by Crippen LogP contribution is 2.40. The van der Waals surface area contributed by atoms with Crippen LogP contribution in [0.1, 0.15) is 58.1 Å². The molecule has 1 aromatic rings. The molecular weight excluding hydrogens is 253 g/mol. The Labute approximate surface area is 121 Å². The predicted molar refractivity (Wildman–Crippen MR) is 80.0 cm³/mol. The number of nitrogens with one attached hydrogen (secondary N) is 1. The summed E-state index contributed by atoms with van der Waals surface area (Å²) in [6.45, 7) is 6.97. The van der Waals surface area contributed by atoms with Gasteiger partial charge < -0.3 is 10.4 Å². The molecule has 2 N–H and O–H groups in total. The Hall–Kier alpha value is -0.930. The van der Waals surface area contributed by atoms with Gasteiger partial charge in [0.15, 0.2) is 0 Å². The molecule has 0 aliphatic heterocycles. The Morgan fingerprint density at radius 2 is 1.80 bits per heavy atom. The van der Waals surface area contributed by atoms with Gasteiger partial charge in [0.1, 0.15) is 5.82 Å². The van der Waals surface area contributed by atoms with Crippen LogP contribution in [-0.4, -0.2) is 17.3 Å². The maximum absolute atomic E-state index is 13.7. The minimum atomic E-state index is -0.644. The topological polar surface area (TPSA) is 32.3 Å². The number of benzene rings is 1. The van der Waals surface area contributed by atoms with Crippen molar-refractivity contribution in [3.05, 3.63) is 35.6 Å². The molecule has 0 bridgehead atoms. The van der Waals surface area contributed by atoms with Crippen LogP contribution in [0.5, 0.6) is 0 Å². The van der Waals surface area contributed by atoms with Gasteiger partial charge in [-0.05, 0) is 44.1 Å². The fraction of sp³-hybridized carbons (Fsp3) is 0.647. The fourth-order valence-corrected chi connectivity index (χ4v) is 2.85. The van der Waals surface area contributed by atoms with Crippen LogP contribution in [0.3, 0.4) is 0 Å². The summed E-state index contributed by atoms with van der Waals surface area (Å²) in [4.78, 5) is 0. The van der Waals surface area contributed by atoms with E-state index in [9.17, 15) is 9.50 Å². The second kappa shape index (κ2) is 5.82. The van der Waals surface area contributed by atoms with Gasteiger partial charge in [0, 0.05) is 18.2 Å². The molecule has 0 amide bonds. The SMILES string of the molecule is CC(NCC1(O)CCC(C)(C)CC1)c1ccccc1F. The fourth-order valence-electron chi connectivity index (χ4n) is 2.85. The Kier molecular flexibility index (Phi) is 4.50. The minimum Gasteiger partial charge on any atom is -0.389 e. The lowest BCUT2D eigenvalue weighted by atomic mass is 9.71. The molecule has 1 unspecified atom stereocenters. The number of rotatable bonds is 4. The molecule has 0 radical (unpaired) electrons. The van der Waals surface area contributed by atoms with Crippen molar-refractivity contribution in [2.75, 3.05) is 6.54 Å². The van der Waals surface area contributed by atoms with E-state index < -0.39 is 5.60 Å². The second-order valence-electron chi connectivity index (χ2n) is 7.01. The van der Waals surface area contributed by atoms with Crippen molar-refractivity contribution in [1.29, 1.82) is 0 Å². The van der Waals surface area contributed by atoms with E-state index in [1.54, 1.807) is 12.1 Å². The lowest BCUT2D eigenvalue weighted by molar-refractivity contribution is -0.0258. The molecular formula is C17H26FNO. The first-order valence-electron chi connectivity index (χ1n) is 7.52. The van der Waals surface area contributed by atoms with Crippen LogP contribution in [0.25, 0.3) is 0 Å². The van der Waals surface area contributed by atoms with Crippen LogP contribution in [0.2, 0.25) is 0 Å². The summed E-state index contributed by atoms with van der Waals surface area (Å²) in [5.41, 5.74) is 0.352. The van der Waals surface area contributed by atoms with E-state index in [2.05, 4.69) is 19.2 Å². The number of aliphatic hydroxyl groups is 1. The normalized spacial score (nSPS) is 22.4. The third-order valence-electron chi connectivity index (χ3n) is 4.64. The maximum Gasteiger partial charge on any atom is 0.127 e. The molecule has 0 heterocycles. The van der Waals surface area contributed by atoms with E-state index in [4.69, 9.17) is 0 Å². The van der Waals surface area contributed by atoms with Crippen molar-refractivity contribution in [2.45, 2.75) is 58.1 Å². The van der Waals surface area contributed by atoms with Gasteiger partial charge in [-0.1, -0.05) is 32.0 Å².